The maximum Gasteiger partial charge on any atom is 0.120 e. The largest absolute Gasteiger partial charge is 0.492 e. The highest BCUT2D eigenvalue weighted by Crippen LogP contribution is 2.35. The van der Waals surface area contributed by atoms with E-state index >= 15 is 0 Å². The zero-order valence-corrected chi connectivity index (χ0v) is 14.6. The van der Waals surface area contributed by atoms with Crippen molar-refractivity contribution in [1.29, 1.82) is 5.26 Å². The van der Waals surface area contributed by atoms with E-state index in [9.17, 15) is 0 Å². The molecule has 1 aliphatic heterocycles. The number of nitriles is 1. The molecule has 1 aromatic carbocycles. The summed E-state index contributed by atoms with van der Waals surface area (Å²) in [5, 5.41) is 13.5. The fourth-order valence-corrected chi connectivity index (χ4v) is 3.63. The van der Waals surface area contributed by atoms with E-state index in [2.05, 4.69) is 29.9 Å². The molecule has 126 valence electrons. The topological polar surface area (TPSA) is 54.1 Å². The van der Waals surface area contributed by atoms with Crippen LogP contribution in [0.25, 0.3) is 0 Å². The lowest BCUT2D eigenvalue weighted by molar-refractivity contribution is 0.197. The van der Waals surface area contributed by atoms with Crippen molar-refractivity contribution in [2.75, 3.05) is 19.7 Å². The van der Waals surface area contributed by atoms with Gasteiger partial charge in [0.25, 0.3) is 0 Å². The fraction of sp³-hybridized carbons (Fsp3) is 0.474. The van der Waals surface area contributed by atoms with Gasteiger partial charge < -0.3 is 4.74 Å². The lowest BCUT2D eigenvalue weighted by Crippen LogP contribution is -2.28. The number of nitrogens with zero attached hydrogens (tertiary/aromatic N) is 4. The van der Waals surface area contributed by atoms with Gasteiger partial charge in [0, 0.05) is 30.9 Å². The number of aryl methyl sites for hydroxylation is 2. The Morgan fingerprint density at radius 2 is 2.21 bits per heavy atom. The summed E-state index contributed by atoms with van der Waals surface area (Å²) >= 11 is 0. The number of rotatable bonds is 5. The second kappa shape index (κ2) is 7.06. The quantitative estimate of drug-likeness (QED) is 0.848. The molecule has 0 spiro atoms. The van der Waals surface area contributed by atoms with E-state index in [1.807, 2.05) is 23.9 Å². The van der Waals surface area contributed by atoms with Gasteiger partial charge in [-0.05, 0) is 51.4 Å². The minimum Gasteiger partial charge on any atom is -0.492 e. The summed E-state index contributed by atoms with van der Waals surface area (Å²) in [7, 11) is 2.01. The van der Waals surface area contributed by atoms with Crippen molar-refractivity contribution < 1.29 is 4.74 Å². The van der Waals surface area contributed by atoms with Gasteiger partial charge in [0.15, 0.2) is 0 Å². The van der Waals surface area contributed by atoms with Crippen LogP contribution in [0.15, 0.2) is 24.3 Å². The summed E-state index contributed by atoms with van der Waals surface area (Å²) in [5.41, 5.74) is 4.40. The Balaban J connectivity index is 1.63. The summed E-state index contributed by atoms with van der Waals surface area (Å²) in [6.45, 7) is 6.86. The molecule has 5 heteroatoms. The first kappa shape index (κ1) is 16.5. The van der Waals surface area contributed by atoms with Gasteiger partial charge in [0.1, 0.15) is 12.4 Å². The second-order valence-electron chi connectivity index (χ2n) is 6.39. The smallest absolute Gasteiger partial charge is 0.120 e. The first-order chi connectivity index (χ1) is 11.6. The Bertz CT molecular complexity index is 759. The third-order valence-corrected chi connectivity index (χ3v) is 4.87. The van der Waals surface area contributed by atoms with Crippen LogP contribution >= 0.6 is 0 Å². The van der Waals surface area contributed by atoms with Crippen molar-refractivity contribution >= 4 is 0 Å². The molecule has 1 aliphatic rings. The molecule has 1 fully saturated rings. The Labute approximate surface area is 143 Å². The van der Waals surface area contributed by atoms with E-state index in [0.717, 1.165) is 24.5 Å². The van der Waals surface area contributed by atoms with E-state index in [0.29, 0.717) is 18.2 Å². The van der Waals surface area contributed by atoms with Crippen LogP contribution in [0.1, 0.15) is 41.4 Å². The molecule has 0 aliphatic carbocycles. The lowest BCUT2D eigenvalue weighted by atomic mass is 10.0. The van der Waals surface area contributed by atoms with Crippen molar-refractivity contribution in [3.8, 4) is 11.8 Å². The average molecular weight is 324 g/mol. The molecule has 0 amide bonds. The van der Waals surface area contributed by atoms with Crippen molar-refractivity contribution in [3.63, 3.8) is 0 Å². The van der Waals surface area contributed by atoms with Crippen LogP contribution in [0.3, 0.4) is 0 Å². The SMILES string of the molecule is Cc1nn(C)c(C)c1C1CCCN1CCOc1cccc(C#N)c1. The maximum atomic E-state index is 8.95. The predicted octanol–water partition coefficient (Wildman–Crippen LogP) is 3.12. The number of benzene rings is 1. The van der Waals surface area contributed by atoms with Crippen LogP contribution in [0, 0.1) is 25.2 Å². The summed E-state index contributed by atoms with van der Waals surface area (Å²) in [6.07, 6.45) is 2.39. The van der Waals surface area contributed by atoms with Gasteiger partial charge in [-0.2, -0.15) is 10.4 Å². The highest BCUT2D eigenvalue weighted by atomic mass is 16.5. The first-order valence-corrected chi connectivity index (χ1v) is 8.47. The van der Waals surface area contributed by atoms with E-state index in [-0.39, 0.29) is 0 Å². The predicted molar refractivity (Wildman–Crippen MR) is 92.9 cm³/mol. The third-order valence-electron chi connectivity index (χ3n) is 4.87. The molecule has 3 rings (SSSR count). The third kappa shape index (κ3) is 3.29. The molecule has 5 nitrogen and oxygen atoms in total. The molecule has 1 unspecified atom stereocenters. The average Bonchev–Trinajstić information content (AvgIpc) is 3.12. The van der Waals surface area contributed by atoms with Crippen LogP contribution in [0.5, 0.6) is 5.75 Å². The van der Waals surface area contributed by atoms with Crippen molar-refractivity contribution in [3.05, 3.63) is 46.8 Å². The van der Waals surface area contributed by atoms with Gasteiger partial charge in [0.2, 0.25) is 0 Å². The molecule has 2 heterocycles. The fourth-order valence-electron chi connectivity index (χ4n) is 3.63. The Kier molecular flexibility index (Phi) is 4.86. The molecular formula is C19H24N4O. The zero-order valence-electron chi connectivity index (χ0n) is 14.6. The van der Waals surface area contributed by atoms with E-state index < -0.39 is 0 Å². The maximum absolute atomic E-state index is 8.95. The number of ether oxygens (including phenoxy) is 1. The van der Waals surface area contributed by atoms with Crippen LogP contribution < -0.4 is 4.74 Å². The van der Waals surface area contributed by atoms with Gasteiger partial charge in [-0.15, -0.1) is 0 Å². The van der Waals surface area contributed by atoms with Crippen LogP contribution in [0.2, 0.25) is 0 Å². The molecule has 1 aromatic heterocycles. The molecule has 24 heavy (non-hydrogen) atoms. The second-order valence-corrected chi connectivity index (χ2v) is 6.39. The summed E-state index contributed by atoms with van der Waals surface area (Å²) in [6, 6.07) is 9.91. The standard InChI is InChI=1S/C19H24N4O/c1-14-19(15(2)22(3)21-14)18-8-5-9-23(18)10-11-24-17-7-4-6-16(12-17)13-20/h4,6-7,12,18H,5,8-11H2,1-3H3. The molecular weight excluding hydrogens is 300 g/mol. The summed E-state index contributed by atoms with van der Waals surface area (Å²) in [4.78, 5) is 2.49. The van der Waals surface area contributed by atoms with E-state index in [4.69, 9.17) is 10.00 Å². The Hall–Kier alpha value is -2.32. The number of hydrogen-bond donors (Lipinski definition) is 0. The molecule has 0 N–H and O–H groups in total. The Morgan fingerprint density at radius 1 is 1.38 bits per heavy atom. The summed E-state index contributed by atoms with van der Waals surface area (Å²) in [5.74, 6) is 0.763. The van der Waals surface area contributed by atoms with Crippen LogP contribution in [-0.4, -0.2) is 34.4 Å². The van der Waals surface area contributed by atoms with Crippen molar-refractivity contribution in [2.24, 2.45) is 7.05 Å². The van der Waals surface area contributed by atoms with Gasteiger partial charge in [-0.3, -0.25) is 9.58 Å². The monoisotopic (exact) mass is 324 g/mol. The number of aromatic nitrogens is 2. The molecule has 0 bridgehead atoms. The highest BCUT2D eigenvalue weighted by Gasteiger charge is 2.30. The van der Waals surface area contributed by atoms with Gasteiger partial charge in [0.05, 0.1) is 17.3 Å². The first-order valence-electron chi connectivity index (χ1n) is 8.47. The van der Waals surface area contributed by atoms with E-state index in [1.165, 1.54) is 24.1 Å². The molecule has 0 radical (unpaired) electrons. The number of hydrogen-bond acceptors (Lipinski definition) is 4. The van der Waals surface area contributed by atoms with Gasteiger partial charge in [-0.25, -0.2) is 0 Å². The summed E-state index contributed by atoms with van der Waals surface area (Å²) < 4.78 is 7.82. The molecule has 0 saturated carbocycles. The van der Waals surface area contributed by atoms with Gasteiger partial charge in [-0.1, -0.05) is 6.07 Å². The minimum absolute atomic E-state index is 0.438. The normalized spacial score (nSPS) is 17.8. The van der Waals surface area contributed by atoms with Crippen molar-refractivity contribution in [1.82, 2.24) is 14.7 Å². The molecule has 1 saturated heterocycles. The Morgan fingerprint density at radius 3 is 2.92 bits per heavy atom. The van der Waals surface area contributed by atoms with E-state index in [1.54, 1.807) is 12.1 Å². The molecule has 2 aromatic rings. The zero-order chi connectivity index (χ0) is 17.1. The number of likely N-dealkylation sites (tertiary alicyclic amines) is 1. The molecule has 1 atom stereocenters. The van der Waals surface area contributed by atoms with Gasteiger partial charge >= 0.3 is 0 Å². The van der Waals surface area contributed by atoms with Crippen LogP contribution in [-0.2, 0) is 7.05 Å². The lowest BCUT2D eigenvalue weighted by Gasteiger charge is -2.25. The van der Waals surface area contributed by atoms with Crippen molar-refractivity contribution in [2.45, 2.75) is 32.7 Å². The highest BCUT2D eigenvalue weighted by molar-refractivity contribution is 5.36. The van der Waals surface area contributed by atoms with Crippen LogP contribution in [0.4, 0.5) is 0 Å². The minimum atomic E-state index is 0.438.